The lowest BCUT2D eigenvalue weighted by atomic mass is 9.96. The smallest absolute Gasteiger partial charge is 0.237 e. The molecule has 1 aliphatic heterocycles. The largest absolute Gasteiger partial charge is 0.325 e. The Morgan fingerprint density at radius 3 is 2.82 bits per heavy atom. The summed E-state index contributed by atoms with van der Waals surface area (Å²) in [4.78, 5) is 12.7. The first-order valence-corrected chi connectivity index (χ1v) is 6.62. The number of carbonyl (C=O) groups excluding carboxylic acids is 1. The van der Waals surface area contributed by atoms with Crippen molar-refractivity contribution in [2.24, 2.45) is 5.73 Å². The summed E-state index contributed by atoms with van der Waals surface area (Å²) in [5, 5.41) is 2.92. The summed E-state index contributed by atoms with van der Waals surface area (Å²) in [5.74, 6) is 0.0756. The van der Waals surface area contributed by atoms with E-state index in [0.29, 0.717) is 0 Å². The normalized spacial score (nSPS) is 19.8. The Bertz CT molecular complexity index is 451. The van der Waals surface area contributed by atoms with Gasteiger partial charge in [-0.05, 0) is 44.9 Å². The van der Waals surface area contributed by atoms with Crippen molar-refractivity contribution in [2.75, 3.05) is 5.32 Å². The minimum Gasteiger partial charge on any atom is -0.325 e. The van der Waals surface area contributed by atoms with Crippen LogP contribution in [0, 0.1) is 0 Å². The number of amides is 1. The van der Waals surface area contributed by atoms with Crippen LogP contribution in [0.2, 0.25) is 0 Å². The molecule has 1 unspecified atom stereocenters. The fraction of sp³-hybridized carbons (Fsp3) is 0.462. The van der Waals surface area contributed by atoms with Crippen LogP contribution in [0.25, 0.3) is 0 Å². The maximum atomic E-state index is 11.6. The van der Waals surface area contributed by atoms with Gasteiger partial charge in [0.05, 0.1) is 10.9 Å². The van der Waals surface area contributed by atoms with Crippen molar-refractivity contribution < 1.29 is 4.79 Å². The third kappa shape index (κ3) is 3.01. The molecule has 4 heteroatoms. The van der Waals surface area contributed by atoms with Crippen LogP contribution in [0.4, 0.5) is 5.69 Å². The lowest BCUT2D eigenvalue weighted by Gasteiger charge is -2.23. The molecule has 0 radical (unpaired) electrons. The highest BCUT2D eigenvalue weighted by Crippen LogP contribution is 2.36. The van der Waals surface area contributed by atoms with E-state index in [9.17, 15) is 4.79 Å². The molecule has 1 atom stereocenters. The summed E-state index contributed by atoms with van der Waals surface area (Å²) < 4.78 is 0. The van der Waals surface area contributed by atoms with Crippen molar-refractivity contribution in [2.45, 2.75) is 42.9 Å². The third-order valence-electron chi connectivity index (χ3n) is 2.63. The monoisotopic (exact) mass is 250 g/mol. The van der Waals surface area contributed by atoms with Gasteiger partial charge in [-0.1, -0.05) is 6.07 Å². The number of nitrogens with two attached hydrogens (primary N) is 1. The Morgan fingerprint density at radius 1 is 1.47 bits per heavy atom. The fourth-order valence-electron chi connectivity index (χ4n) is 1.89. The minimum absolute atomic E-state index is 0.0145. The van der Waals surface area contributed by atoms with E-state index in [-0.39, 0.29) is 16.7 Å². The van der Waals surface area contributed by atoms with E-state index < -0.39 is 0 Å². The zero-order valence-corrected chi connectivity index (χ0v) is 11.2. The zero-order chi connectivity index (χ0) is 12.6. The lowest BCUT2D eigenvalue weighted by molar-refractivity contribution is -0.115. The molecule has 92 valence electrons. The molecular formula is C13H18N2OS. The van der Waals surface area contributed by atoms with Crippen LogP contribution in [0.5, 0.6) is 0 Å². The maximum Gasteiger partial charge on any atom is 0.237 e. The summed E-state index contributed by atoms with van der Waals surface area (Å²) in [6.45, 7) is 5.92. The molecule has 3 nitrogen and oxygen atoms in total. The van der Waals surface area contributed by atoms with E-state index in [1.165, 1.54) is 0 Å². The van der Waals surface area contributed by atoms with Gasteiger partial charge in [0.25, 0.3) is 0 Å². The van der Waals surface area contributed by atoms with Gasteiger partial charge in [-0.25, -0.2) is 0 Å². The van der Waals surface area contributed by atoms with Crippen molar-refractivity contribution >= 4 is 23.4 Å². The van der Waals surface area contributed by atoms with Gasteiger partial charge >= 0.3 is 0 Å². The third-order valence-corrected chi connectivity index (χ3v) is 3.81. The molecule has 0 bridgehead atoms. The highest BCUT2D eigenvalue weighted by molar-refractivity contribution is 8.00. The molecule has 0 spiro atoms. The Balaban J connectivity index is 2.26. The van der Waals surface area contributed by atoms with Crippen LogP contribution < -0.4 is 11.1 Å². The molecule has 17 heavy (non-hydrogen) atoms. The zero-order valence-electron chi connectivity index (χ0n) is 10.4. The van der Waals surface area contributed by atoms with Gasteiger partial charge in [0, 0.05) is 10.4 Å². The molecule has 0 aliphatic carbocycles. The van der Waals surface area contributed by atoms with Gasteiger partial charge in [0.15, 0.2) is 0 Å². The second kappa shape index (κ2) is 4.35. The Kier molecular flexibility index (Phi) is 3.19. The molecule has 1 aliphatic rings. The molecule has 0 saturated carbocycles. The van der Waals surface area contributed by atoms with Crippen LogP contribution in [-0.4, -0.2) is 16.7 Å². The minimum atomic E-state index is -0.229. The van der Waals surface area contributed by atoms with Gasteiger partial charge in [-0.3, -0.25) is 4.79 Å². The highest BCUT2D eigenvalue weighted by Gasteiger charge is 2.23. The molecule has 1 aromatic rings. The first kappa shape index (κ1) is 12.5. The van der Waals surface area contributed by atoms with Crippen LogP contribution in [0.1, 0.15) is 26.3 Å². The molecule has 0 fully saturated rings. The van der Waals surface area contributed by atoms with Gasteiger partial charge < -0.3 is 11.1 Å². The van der Waals surface area contributed by atoms with Gasteiger partial charge in [-0.15, -0.1) is 11.8 Å². The predicted molar refractivity (Wildman–Crippen MR) is 72.4 cm³/mol. The number of thioether (sulfide) groups is 1. The van der Waals surface area contributed by atoms with Crippen LogP contribution in [-0.2, 0) is 11.2 Å². The molecule has 1 aromatic carbocycles. The first-order chi connectivity index (χ1) is 7.85. The summed E-state index contributed by atoms with van der Waals surface area (Å²) in [7, 11) is 0. The second-order valence-electron chi connectivity index (χ2n) is 5.25. The second-order valence-corrected chi connectivity index (χ2v) is 6.63. The maximum absolute atomic E-state index is 11.6. The van der Waals surface area contributed by atoms with E-state index in [1.54, 1.807) is 11.8 Å². The Hall–Kier alpha value is -1.00. The summed E-state index contributed by atoms with van der Waals surface area (Å²) >= 11 is 1.60. The van der Waals surface area contributed by atoms with Crippen molar-refractivity contribution in [1.82, 2.24) is 0 Å². The highest BCUT2D eigenvalue weighted by atomic mass is 32.2. The molecule has 3 N–H and O–H groups in total. The predicted octanol–water partition coefficient (Wildman–Crippen LogP) is 2.40. The van der Waals surface area contributed by atoms with Crippen LogP contribution >= 0.6 is 11.8 Å². The number of hydrogen-bond acceptors (Lipinski definition) is 3. The van der Waals surface area contributed by atoms with Crippen LogP contribution in [0.15, 0.2) is 23.1 Å². The van der Waals surface area contributed by atoms with Crippen LogP contribution in [0.3, 0.4) is 0 Å². The van der Waals surface area contributed by atoms with E-state index in [1.807, 2.05) is 26.8 Å². The first-order valence-electron chi connectivity index (χ1n) is 5.74. The topological polar surface area (TPSA) is 55.1 Å². The number of benzene rings is 1. The quantitative estimate of drug-likeness (QED) is 0.847. The molecule has 1 amide bonds. The van der Waals surface area contributed by atoms with Crippen molar-refractivity contribution in [1.29, 1.82) is 0 Å². The number of nitrogens with one attached hydrogen (secondary N) is 1. The molecular weight excluding hydrogens is 232 g/mol. The van der Waals surface area contributed by atoms with Gasteiger partial charge in [0.1, 0.15) is 0 Å². The van der Waals surface area contributed by atoms with E-state index in [4.69, 9.17) is 5.73 Å². The number of hydrogen-bond donors (Lipinski definition) is 2. The molecule has 1 heterocycles. The standard InChI is InChI=1S/C13H18N2OS/c1-8-12(16)15-10-6-9(7-13(2,3)14)4-5-11(10)17-8/h4-6,8H,7,14H2,1-3H3,(H,15,16). The Morgan fingerprint density at radius 2 is 2.18 bits per heavy atom. The molecule has 0 aromatic heterocycles. The van der Waals surface area contributed by atoms with Gasteiger partial charge in [-0.2, -0.15) is 0 Å². The SMILES string of the molecule is CC1Sc2ccc(CC(C)(C)N)cc2NC1=O. The molecule has 2 rings (SSSR count). The Labute approximate surface area is 106 Å². The van der Waals surface area contributed by atoms with Crippen molar-refractivity contribution in [3.05, 3.63) is 23.8 Å². The average molecular weight is 250 g/mol. The average Bonchev–Trinajstić information content (AvgIpc) is 2.18. The summed E-state index contributed by atoms with van der Waals surface area (Å²) in [6, 6.07) is 6.18. The van der Waals surface area contributed by atoms with Gasteiger partial charge in [0.2, 0.25) is 5.91 Å². The van der Waals surface area contributed by atoms with Crippen molar-refractivity contribution in [3.8, 4) is 0 Å². The molecule has 0 saturated heterocycles. The van der Waals surface area contributed by atoms with Crippen molar-refractivity contribution in [3.63, 3.8) is 0 Å². The fourth-order valence-corrected chi connectivity index (χ4v) is 2.82. The van der Waals surface area contributed by atoms with E-state index in [2.05, 4.69) is 17.4 Å². The number of carbonyl (C=O) groups is 1. The summed E-state index contributed by atoms with van der Waals surface area (Å²) in [5.41, 5.74) is 7.85. The van der Waals surface area contributed by atoms with E-state index >= 15 is 0 Å². The van der Waals surface area contributed by atoms with E-state index in [0.717, 1.165) is 22.6 Å². The summed E-state index contributed by atoms with van der Waals surface area (Å²) in [6.07, 6.45) is 0.802. The number of anilines is 1. The number of rotatable bonds is 2. The lowest BCUT2D eigenvalue weighted by Crippen LogP contribution is -2.34. The number of fused-ring (bicyclic) bond motifs is 1.